The van der Waals surface area contributed by atoms with E-state index in [4.69, 9.17) is 0 Å². The normalized spacial score (nSPS) is 11.1. The monoisotopic (exact) mass is 457 g/mol. The first kappa shape index (κ1) is 19.2. The lowest BCUT2D eigenvalue weighted by Crippen LogP contribution is -2.16. The Morgan fingerprint density at radius 1 is 1.04 bits per heavy atom. The molecule has 0 aliphatic heterocycles. The molecule has 5 nitrogen and oxygen atoms in total. The van der Waals surface area contributed by atoms with Gasteiger partial charge in [-0.1, -0.05) is 15.9 Å². The zero-order chi connectivity index (χ0) is 19.4. The Labute approximate surface area is 164 Å². The number of hydrogen-bond donors (Lipinski definition) is 2. The number of carbonyl (C=O) groups is 1. The smallest absolute Gasteiger partial charge is 0.406 e. The molecule has 27 heavy (non-hydrogen) atoms. The number of anilines is 3. The number of amides is 1. The van der Waals surface area contributed by atoms with Crippen molar-refractivity contribution in [1.82, 2.24) is 4.98 Å². The van der Waals surface area contributed by atoms with Crippen LogP contribution in [0.4, 0.5) is 29.7 Å². The maximum atomic E-state index is 12.2. The summed E-state index contributed by atoms with van der Waals surface area (Å²) in [5.74, 6) is -0.683. The number of benzene rings is 2. The first-order valence-corrected chi connectivity index (χ1v) is 9.11. The third-order valence-corrected chi connectivity index (χ3v) is 4.46. The lowest BCUT2D eigenvalue weighted by atomic mass is 10.3. The SMILES string of the molecule is O=C(Nc1ccc(Br)cc1)c1csc(Nc2ccc(OC(F)(F)F)cc2)n1. The Hall–Kier alpha value is -2.59. The van der Waals surface area contributed by atoms with Gasteiger partial charge in [-0.3, -0.25) is 4.79 Å². The molecule has 3 rings (SSSR count). The highest BCUT2D eigenvalue weighted by Crippen LogP contribution is 2.26. The molecule has 0 aliphatic carbocycles. The molecule has 1 heterocycles. The van der Waals surface area contributed by atoms with E-state index in [-0.39, 0.29) is 17.4 Å². The lowest BCUT2D eigenvalue weighted by Gasteiger charge is -2.09. The first-order chi connectivity index (χ1) is 12.8. The maximum absolute atomic E-state index is 12.2. The van der Waals surface area contributed by atoms with Crippen LogP contribution in [0.25, 0.3) is 0 Å². The van der Waals surface area contributed by atoms with Gasteiger partial charge in [0, 0.05) is 21.2 Å². The van der Waals surface area contributed by atoms with Crippen LogP contribution < -0.4 is 15.4 Å². The summed E-state index contributed by atoms with van der Waals surface area (Å²) in [4.78, 5) is 16.4. The molecule has 1 aromatic heterocycles. The number of halogens is 4. The van der Waals surface area contributed by atoms with Crippen LogP contribution in [0.3, 0.4) is 0 Å². The quantitative estimate of drug-likeness (QED) is 0.508. The molecule has 3 aromatic rings. The Balaban J connectivity index is 1.62. The second-order valence-electron chi connectivity index (χ2n) is 5.20. The van der Waals surface area contributed by atoms with Crippen LogP contribution in [0.15, 0.2) is 58.4 Å². The van der Waals surface area contributed by atoms with Crippen molar-refractivity contribution in [2.24, 2.45) is 0 Å². The van der Waals surface area contributed by atoms with Crippen LogP contribution in [-0.2, 0) is 0 Å². The number of alkyl halides is 3. The molecule has 0 bridgehead atoms. The molecule has 0 unspecified atom stereocenters. The van der Waals surface area contributed by atoms with Gasteiger partial charge < -0.3 is 15.4 Å². The van der Waals surface area contributed by atoms with Gasteiger partial charge in [0.2, 0.25) is 0 Å². The van der Waals surface area contributed by atoms with Gasteiger partial charge in [0.15, 0.2) is 5.13 Å². The summed E-state index contributed by atoms with van der Waals surface area (Å²) < 4.78 is 41.2. The van der Waals surface area contributed by atoms with Crippen molar-refractivity contribution in [3.05, 3.63) is 64.1 Å². The highest BCUT2D eigenvalue weighted by atomic mass is 79.9. The number of hydrogen-bond acceptors (Lipinski definition) is 5. The minimum Gasteiger partial charge on any atom is -0.406 e. The van der Waals surface area contributed by atoms with E-state index in [0.29, 0.717) is 16.5 Å². The number of rotatable bonds is 5. The van der Waals surface area contributed by atoms with Gasteiger partial charge in [-0.2, -0.15) is 0 Å². The third kappa shape index (κ3) is 5.69. The Kier molecular flexibility index (Phi) is 5.66. The Morgan fingerprint density at radius 2 is 1.67 bits per heavy atom. The van der Waals surface area contributed by atoms with Gasteiger partial charge in [-0.05, 0) is 48.5 Å². The molecule has 0 spiro atoms. The average Bonchev–Trinajstić information content (AvgIpc) is 3.06. The Morgan fingerprint density at radius 3 is 2.30 bits per heavy atom. The second kappa shape index (κ2) is 7.97. The van der Waals surface area contributed by atoms with E-state index in [0.717, 1.165) is 4.47 Å². The highest BCUT2D eigenvalue weighted by molar-refractivity contribution is 9.10. The van der Waals surface area contributed by atoms with Crippen molar-refractivity contribution in [3.63, 3.8) is 0 Å². The predicted octanol–water partition coefficient (Wildman–Crippen LogP) is 5.80. The third-order valence-electron chi connectivity index (χ3n) is 3.18. The van der Waals surface area contributed by atoms with Crippen molar-refractivity contribution >= 4 is 49.7 Å². The number of thiazole rings is 1. The molecule has 0 aliphatic rings. The number of ether oxygens (including phenoxy) is 1. The molecule has 140 valence electrons. The van der Waals surface area contributed by atoms with Crippen LogP contribution in [0, 0.1) is 0 Å². The molecule has 0 saturated heterocycles. The van der Waals surface area contributed by atoms with Crippen LogP contribution in [0.1, 0.15) is 10.5 Å². The zero-order valence-electron chi connectivity index (χ0n) is 13.4. The zero-order valence-corrected chi connectivity index (χ0v) is 15.8. The molecule has 1 amide bonds. The van der Waals surface area contributed by atoms with Gasteiger partial charge in [0.1, 0.15) is 11.4 Å². The van der Waals surface area contributed by atoms with Gasteiger partial charge in [0.25, 0.3) is 5.91 Å². The summed E-state index contributed by atoms with van der Waals surface area (Å²) in [6.07, 6.45) is -4.73. The van der Waals surface area contributed by atoms with E-state index < -0.39 is 6.36 Å². The first-order valence-electron chi connectivity index (χ1n) is 7.44. The van der Waals surface area contributed by atoms with Crippen LogP contribution in [0.2, 0.25) is 0 Å². The Bertz CT molecular complexity index is 928. The molecule has 2 aromatic carbocycles. The molecule has 10 heteroatoms. The van der Waals surface area contributed by atoms with Crippen LogP contribution in [-0.4, -0.2) is 17.3 Å². The topological polar surface area (TPSA) is 63.2 Å². The summed E-state index contributed by atoms with van der Waals surface area (Å²) in [7, 11) is 0. The van der Waals surface area contributed by atoms with Gasteiger partial charge >= 0.3 is 6.36 Å². The van der Waals surface area contributed by atoms with Gasteiger partial charge in [-0.25, -0.2) is 4.98 Å². The minimum absolute atomic E-state index is 0.224. The summed E-state index contributed by atoms with van der Waals surface area (Å²) in [5, 5.41) is 7.66. The predicted molar refractivity (Wildman–Crippen MR) is 101 cm³/mol. The van der Waals surface area contributed by atoms with E-state index in [1.807, 2.05) is 0 Å². The molecule has 0 radical (unpaired) electrons. The van der Waals surface area contributed by atoms with Gasteiger partial charge in [0.05, 0.1) is 0 Å². The fraction of sp³-hybridized carbons (Fsp3) is 0.0588. The number of carbonyl (C=O) groups excluding carboxylic acids is 1. The fourth-order valence-electron chi connectivity index (χ4n) is 2.03. The summed E-state index contributed by atoms with van der Waals surface area (Å²) in [6.45, 7) is 0. The largest absolute Gasteiger partial charge is 0.573 e. The van der Waals surface area contributed by atoms with Crippen LogP contribution in [0.5, 0.6) is 5.75 Å². The number of nitrogens with zero attached hydrogens (tertiary/aromatic N) is 1. The van der Waals surface area contributed by atoms with E-state index in [1.165, 1.54) is 35.6 Å². The fourth-order valence-corrected chi connectivity index (χ4v) is 3.00. The molecule has 2 N–H and O–H groups in total. The van der Waals surface area contributed by atoms with E-state index in [2.05, 4.69) is 36.3 Å². The highest BCUT2D eigenvalue weighted by Gasteiger charge is 2.30. The molecule has 0 saturated carbocycles. The van der Waals surface area contributed by atoms with Crippen molar-refractivity contribution in [1.29, 1.82) is 0 Å². The number of nitrogens with one attached hydrogen (secondary N) is 2. The number of aromatic nitrogens is 1. The summed E-state index contributed by atoms with van der Waals surface area (Å²) >= 11 is 4.51. The van der Waals surface area contributed by atoms with E-state index >= 15 is 0 Å². The van der Waals surface area contributed by atoms with Crippen LogP contribution >= 0.6 is 27.3 Å². The average molecular weight is 458 g/mol. The summed E-state index contributed by atoms with van der Waals surface area (Å²) in [5.41, 5.74) is 1.37. The molecular formula is C17H11BrF3N3O2S. The maximum Gasteiger partial charge on any atom is 0.573 e. The van der Waals surface area contributed by atoms with E-state index in [9.17, 15) is 18.0 Å². The lowest BCUT2D eigenvalue weighted by molar-refractivity contribution is -0.274. The van der Waals surface area contributed by atoms with Crippen molar-refractivity contribution in [2.45, 2.75) is 6.36 Å². The molecule has 0 fully saturated rings. The van der Waals surface area contributed by atoms with Crippen molar-refractivity contribution < 1.29 is 22.7 Å². The van der Waals surface area contributed by atoms with Crippen molar-refractivity contribution in [3.8, 4) is 5.75 Å². The molecule has 0 atom stereocenters. The molecular weight excluding hydrogens is 447 g/mol. The van der Waals surface area contributed by atoms with Crippen molar-refractivity contribution in [2.75, 3.05) is 10.6 Å². The van der Waals surface area contributed by atoms with E-state index in [1.54, 1.807) is 29.6 Å². The standard InChI is InChI=1S/C17H11BrF3N3O2S/c18-10-1-3-11(4-2-10)22-15(25)14-9-27-16(24-14)23-12-5-7-13(8-6-12)26-17(19,20)21/h1-9H,(H,22,25)(H,23,24). The minimum atomic E-state index is -4.73. The second-order valence-corrected chi connectivity index (χ2v) is 6.97. The summed E-state index contributed by atoms with van der Waals surface area (Å²) in [6, 6.07) is 12.3. The van der Waals surface area contributed by atoms with Gasteiger partial charge in [-0.15, -0.1) is 24.5 Å².